The molecule has 0 amide bonds. The molecule has 1 rings (SSSR count). The van der Waals surface area contributed by atoms with Crippen LogP contribution in [-0.2, 0) is 11.2 Å². The van der Waals surface area contributed by atoms with Crippen molar-refractivity contribution in [3.8, 4) is 0 Å². The topological polar surface area (TPSA) is 30.0 Å². The van der Waals surface area contributed by atoms with Gasteiger partial charge in [0.05, 0.1) is 6.20 Å². The summed E-state index contributed by atoms with van der Waals surface area (Å²) in [7, 11) is 0. The zero-order chi connectivity index (χ0) is 8.97. The fourth-order valence-corrected chi connectivity index (χ4v) is 0.838. The summed E-state index contributed by atoms with van der Waals surface area (Å²) in [4.78, 5) is 14.7. The van der Waals surface area contributed by atoms with Crippen molar-refractivity contribution >= 4 is 5.78 Å². The van der Waals surface area contributed by atoms with E-state index in [1.165, 1.54) is 12.1 Å². The van der Waals surface area contributed by atoms with Crippen molar-refractivity contribution in [3.05, 3.63) is 29.8 Å². The van der Waals surface area contributed by atoms with Crippen molar-refractivity contribution in [3.63, 3.8) is 0 Å². The molecule has 0 spiro atoms. The van der Waals surface area contributed by atoms with Gasteiger partial charge in [-0.25, -0.2) is 4.39 Å². The fourth-order valence-electron chi connectivity index (χ4n) is 0.838. The number of nitrogens with zero attached hydrogens (tertiary/aromatic N) is 1. The summed E-state index contributed by atoms with van der Waals surface area (Å²) in [5.74, 6) is -0.253. The van der Waals surface area contributed by atoms with Crippen LogP contribution in [0.3, 0.4) is 0 Å². The van der Waals surface area contributed by atoms with Gasteiger partial charge in [-0.1, -0.05) is 6.92 Å². The first kappa shape index (κ1) is 8.84. The zero-order valence-electron chi connectivity index (χ0n) is 6.88. The zero-order valence-corrected chi connectivity index (χ0v) is 6.88. The smallest absolute Gasteiger partial charge is 0.141 e. The highest BCUT2D eigenvalue weighted by Crippen LogP contribution is 2.00. The van der Waals surface area contributed by atoms with Crippen LogP contribution in [0.5, 0.6) is 0 Å². The van der Waals surface area contributed by atoms with Crippen molar-refractivity contribution < 1.29 is 9.18 Å². The van der Waals surface area contributed by atoms with Crippen molar-refractivity contribution in [1.29, 1.82) is 0 Å². The van der Waals surface area contributed by atoms with Crippen LogP contribution in [0, 0.1) is 5.82 Å². The van der Waals surface area contributed by atoms with Gasteiger partial charge in [0.25, 0.3) is 0 Å². The number of Topliss-reactive ketones (excluding diaryl/α,β-unsaturated/α-hetero) is 1. The van der Waals surface area contributed by atoms with Crippen LogP contribution >= 0.6 is 0 Å². The number of carbonyl (C=O) groups is 1. The van der Waals surface area contributed by atoms with Crippen LogP contribution < -0.4 is 0 Å². The van der Waals surface area contributed by atoms with Gasteiger partial charge < -0.3 is 0 Å². The van der Waals surface area contributed by atoms with Crippen LogP contribution in [0.25, 0.3) is 0 Å². The van der Waals surface area contributed by atoms with Gasteiger partial charge in [0.1, 0.15) is 11.6 Å². The molecule has 1 aromatic rings. The van der Waals surface area contributed by atoms with Gasteiger partial charge in [-0.15, -0.1) is 0 Å². The average molecular weight is 167 g/mol. The molecule has 2 nitrogen and oxygen atoms in total. The number of ketones is 1. The number of pyridine rings is 1. The Morgan fingerprint density at radius 1 is 1.58 bits per heavy atom. The number of rotatable bonds is 3. The van der Waals surface area contributed by atoms with E-state index in [2.05, 4.69) is 4.98 Å². The lowest BCUT2D eigenvalue weighted by Gasteiger charge is -1.96. The summed E-state index contributed by atoms with van der Waals surface area (Å²) >= 11 is 0. The lowest BCUT2D eigenvalue weighted by Crippen LogP contribution is -2.02. The lowest BCUT2D eigenvalue weighted by molar-refractivity contribution is -0.118. The molecule has 0 saturated carbocycles. The van der Waals surface area contributed by atoms with Gasteiger partial charge in [0.15, 0.2) is 0 Å². The minimum absolute atomic E-state index is 0.120. The molecular formula is C9H10FNO. The Bertz CT molecular complexity index is 268. The Labute approximate surface area is 70.4 Å². The Hall–Kier alpha value is -1.25. The van der Waals surface area contributed by atoms with Crippen molar-refractivity contribution in [2.75, 3.05) is 0 Å². The van der Waals surface area contributed by atoms with Crippen molar-refractivity contribution in [2.45, 2.75) is 19.8 Å². The number of halogens is 1. The highest BCUT2D eigenvalue weighted by molar-refractivity contribution is 5.80. The summed E-state index contributed by atoms with van der Waals surface area (Å²) in [6.07, 6.45) is 1.92. The van der Waals surface area contributed by atoms with Crippen LogP contribution in [0.4, 0.5) is 4.39 Å². The summed E-state index contributed by atoms with van der Waals surface area (Å²) in [5.41, 5.74) is 0.628. The van der Waals surface area contributed by atoms with E-state index in [4.69, 9.17) is 0 Å². The predicted octanol–water partition coefficient (Wildman–Crippen LogP) is 1.74. The monoisotopic (exact) mass is 167 g/mol. The molecule has 0 bridgehead atoms. The van der Waals surface area contributed by atoms with E-state index in [0.717, 1.165) is 6.20 Å². The van der Waals surface area contributed by atoms with Crippen LogP contribution in [0.15, 0.2) is 18.3 Å². The number of aromatic nitrogens is 1. The van der Waals surface area contributed by atoms with Crippen molar-refractivity contribution in [1.82, 2.24) is 4.98 Å². The maximum atomic E-state index is 12.4. The molecule has 0 aliphatic carbocycles. The molecular weight excluding hydrogens is 157 g/mol. The third-order valence-corrected chi connectivity index (χ3v) is 1.56. The third kappa shape index (κ3) is 2.42. The normalized spacial score (nSPS) is 9.83. The molecule has 0 saturated heterocycles. The maximum absolute atomic E-state index is 12.4. The standard InChI is InChI=1S/C9H10FNO/c1-2-9(12)5-8-4-3-7(10)6-11-8/h3-4,6H,2,5H2,1H3. The molecule has 1 heterocycles. The van der Waals surface area contributed by atoms with Gasteiger partial charge in [-0.2, -0.15) is 0 Å². The molecule has 0 aromatic carbocycles. The summed E-state index contributed by atoms with van der Waals surface area (Å²) in [5, 5.41) is 0. The first-order valence-corrected chi connectivity index (χ1v) is 3.84. The quantitative estimate of drug-likeness (QED) is 0.686. The molecule has 0 aliphatic heterocycles. The Morgan fingerprint density at radius 2 is 2.33 bits per heavy atom. The molecule has 0 aliphatic rings. The summed E-state index contributed by atoms with van der Waals surface area (Å²) < 4.78 is 12.4. The van der Waals surface area contributed by atoms with E-state index < -0.39 is 0 Å². The Morgan fingerprint density at radius 3 is 2.83 bits per heavy atom. The van der Waals surface area contributed by atoms with E-state index in [-0.39, 0.29) is 11.6 Å². The summed E-state index contributed by atoms with van der Waals surface area (Å²) in [6.45, 7) is 1.80. The molecule has 1 aromatic heterocycles. The minimum Gasteiger partial charge on any atom is -0.299 e. The highest BCUT2D eigenvalue weighted by Gasteiger charge is 2.01. The molecule has 0 unspecified atom stereocenters. The van der Waals surface area contributed by atoms with E-state index in [1.54, 1.807) is 6.92 Å². The highest BCUT2D eigenvalue weighted by atomic mass is 19.1. The van der Waals surface area contributed by atoms with Gasteiger partial charge in [-0.05, 0) is 12.1 Å². The van der Waals surface area contributed by atoms with E-state index in [9.17, 15) is 9.18 Å². The molecule has 0 radical (unpaired) electrons. The van der Waals surface area contributed by atoms with Crippen molar-refractivity contribution in [2.24, 2.45) is 0 Å². The Kier molecular flexibility index (Phi) is 2.91. The number of hydrogen-bond acceptors (Lipinski definition) is 2. The molecule has 0 N–H and O–H groups in total. The van der Waals surface area contributed by atoms with Gasteiger partial charge in [0.2, 0.25) is 0 Å². The largest absolute Gasteiger partial charge is 0.299 e. The van der Waals surface area contributed by atoms with Crippen LogP contribution in [0.2, 0.25) is 0 Å². The van der Waals surface area contributed by atoms with Gasteiger partial charge in [0, 0.05) is 18.5 Å². The second-order valence-electron chi connectivity index (χ2n) is 2.54. The van der Waals surface area contributed by atoms with Crippen LogP contribution in [-0.4, -0.2) is 10.8 Å². The molecule has 3 heteroatoms. The third-order valence-electron chi connectivity index (χ3n) is 1.56. The number of carbonyl (C=O) groups excluding carboxylic acids is 1. The first-order chi connectivity index (χ1) is 5.72. The maximum Gasteiger partial charge on any atom is 0.141 e. The van der Waals surface area contributed by atoms with Gasteiger partial charge in [-0.3, -0.25) is 9.78 Å². The van der Waals surface area contributed by atoms with E-state index in [0.29, 0.717) is 18.5 Å². The predicted molar refractivity (Wildman–Crippen MR) is 43.2 cm³/mol. The molecule has 64 valence electrons. The summed E-state index contributed by atoms with van der Waals surface area (Å²) in [6, 6.07) is 2.84. The SMILES string of the molecule is CCC(=O)Cc1ccc(F)cn1. The van der Waals surface area contributed by atoms with Crippen LogP contribution in [0.1, 0.15) is 19.0 Å². The first-order valence-electron chi connectivity index (χ1n) is 3.84. The fraction of sp³-hybridized carbons (Fsp3) is 0.333. The number of hydrogen-bond donors (Lipinski definition) is 0. The lowest BCUT2D eigenvalue weighted by atomic mass is 10.2. The molecule has 0 fully saturated rings. The van der Waals surface area contributed by atoms with Gasteiger partial charge >= 0.3 is 0 Å². The second kappa shape index (κ2) is 3.95. The Balaban J connectivity index is 2.64. The minimum atomic E-state index is -0.373. The van der Waals surface area contributed by atoms with E-state index in [1.807, 2.05) is 0 Å². The molecule has 12 heavy (non-hydrogen) atoms. The molecule has 0 atom stereocenters. The van der Waals surface area contributed by atoms with E-state index >= 15 is 0 Å². The average Bonchev–Trinajstić information content (AvgIpc) is 2.09. The second-order valence-corrected chi connectivity index (χ2v) is 2.54.